The van der Waals surface area contributed by atoms with Crippen LogP contribution in [-0.2, 0) is 6.61 Å². The molecule has 0 aliphatic carbocycles. The molecule has 0 amide bonds. The molecule has 0 bridgehead atoms. The number of hydrogen-bond acceptors (Lipinski definition) is 4. The fourth-order valence-corrected chi connectivity index (χ4v) is 2.02. The molecule has 0 spiro atoms. The quantitative estimate of drug-likeness (QED) is 0.525. The Morgan fingerprint density at radius 3 is 2.40 bits per heavy atom. The van der Waals surface area contributed by atoms with Crippen molar-refractivity contribution in [2.45, 2.75) is 20.5 Å². The first-order valence-electron chi connectivity index (χ1n) is 6.19. The lowest BCUT2D eigenvalue weighted by molar-refractivity contribution is -0.384. The second-order valence-electron chi connectivity index (χ2n) is 4.76. The van der Waals surface area contributed by atoms with Crippen molar-refractivity contribution in [1.82, 2.24) is 0 Å². The topological polar surface area (TPSA) is 78.4 Å². The number of nitrogen functional groups attached to an aromatic ring is 1. The van der Waals surface area contributed by atoms with Crippen LogP contribution in [0.3, 0.4) is 0 Å². The van der Waals surface area contributed by atoms with E-state index in [1.165, 1.54) is 12.1 Å². The largest absolute Gasteiger partial charge is 0.489 e. The van der Waals surface area contributed by atoms with Crippen LogP contribution in [0.4, 0.5) is 11.4 Å². The van der Waals surface area contributed by atoms with Crippen molar-refractivity contribution in [1.29, 1.82) is 0 Å². The molecule has 0 atom stereocenters. The number of nitrogens with two attached hydrogens (primary N) is 1. The summed E-state index contributed by atoms with van der Waals surface area (Å²) >= 11 is 0. The monoisotopic (exact) mass is 272 g/mol. The summed E-state index contributed by atoms with van der Waals surface area (Å²) in [5, 5.41) is 10.8. The summed E-state index contributed by atoms with van der Waals surface area (Å²) in [6.07, 6.45) is 0. The summed E-state index contributed by atoms with van der Waals surface area (Å²) in [4.78, 5) is 10.3. The van der Waals surface area contributed by atoms with Gasteiger partial charge in [0.15, 0.2) is 0 Å². The maximum Gasteiger partial charge on any atom is 0.292 e. The van der Waals surface area contributed by atoms with Gasteiger partial charge in [0.25, 0.3) is 5.69 Å². The molecule has 0 aliphatic heterocycles. The number of aryl methyl sites for hydroxylation is 2. The Kier molecular flexibility index (Phi) is 3.89. The molecule has 5 heteroatoms. The molecule has 2 rings (SSSR count). The Morgan fingerprint density at radius 2 is 1.80 bits per heavy atom. The van der Waals surface area contributed by atoms with Crippen LogP contribution in [0.1, 0.15) is 16.7 Å². The molecule has 0 unspecified atom stereocenters. The highest BCUT2D eigenvalue weighted by Crippen LogP contribution is 2.23. The molecule has 20 heavy (non-hydrogen) atoms. The fraction of sp³-hybridized carbons (Fsp3) is 0.200. The van der Waals surface area contributed by atoms with E-state index in [-0.39, 0.29) is 18.0 Å². The summed E-state index contributed by atoms with van der Waals surface area (Å²) in [7, 11) is 0. The first kappa shape index (κ1) is 13.9. The van der Waals surface area contributed by atoms with E-state index in [9.17, 15) is 10.1 Å². The standard InChI is InChI=1S/C15H16N2O3/c1-10-5-11(2)7-13(6-10)20-9-12-3-4-14(16)15(8-12)17(18)19/h3-8H,9,16H2,1-2H3. The van der Waals surface area contributed by atoms with Crippen LogP contribution < -0.4 is 10.5 Å². The number of nitro groups is 1. The van der Waals surface area contributed by atoms with Gasteiger partial charge in [0, 0.05) is 6.07 Å². The Morgan fingerprint density at radius 1 is 1.15 bits per heavy atom. The highest BCUT2D eigenvalue weighted by atomic mass is 16.6. The molecule has 0 saturated heterocycles. The van der Waals surface area contributed by atoms with Gasteiger partial charge in [-0.1, -0.05) is 12.1 Å². The Bertz CT molecular complexity index is 633. The van der Waals surface area contributed by atoms with E-state index in [2.05, 4.69) is 6.07 Å². The highest BCUT2D eigenvalue weighted by molar-refractivity contribution is 5.59. The number of nitrogens with zero attached hydrogens (tertiary/aromatic N) is 1. The Balaban J connectivity index is 2.14. The average molecular weight is 272 g/mol. The van der Waals surface area contributed by atoms with Crippen LogP contribution in [0.2, 0.25) is 0 Å². The second-order valence-corrected chi connectivity index (χ2v) is 4.76. The van der Waals surface area contributed by atoms with Gasteiger partial charge in [-0.25, -0.2) is 0 Å². The van der Waals surface area contributed by atoms with E-state index >= 15 is 0 Å². The van der Waals surface area contributed by atoms with Gasteiger partial charge in [0.2, 0.25) is 0 Å². The molecule has 0 aromatic heterocycles. The molecule has 104 valence electrons. The first-order valence-corrected chi connectivity index (χ1v) is 6.19. The van der Waals surface area contributed by atoms with Gasteiger partial charge in [0.05, 0.1) is 4.92 Å². The van der Waals surface area contributed by atoms with E-state index in [1.54, 1.807) is 6.07 Å². The van der Waals surface area contributed by atoms with Crippen molar-refractivity contribution in [2.75, 3.05) is 5.73 Å². The predicted octanol–water partition coefficient (Wildman–Crippen LogP) is 3.37. The minimum Gasteiger partial charge on any atom is -0.489 e. The van der Waals surface area contributed by atoms with Crippen molar-refractivity contribution in [3.63, 3.8) is 0 Å². The van der Waals surface area contributed by atoms with Crippen molar-refractivity contribution in [3.05, 3.63) is 63.2 Å². The van der Waals surface area contributed by atoms with Gasteiger partial charge in [0.1, 0.15) is 18.0 Å². The summed E-state index contributed by atoms with van der Waals surface area (Å²) in [6, 6.07) is 10.6. The summed E-state index contributed by atoms with van der Waals surface area (Å²) in [6.45, 7) is 4.26. The molecule has 0 heterocycles. The number of anilines is 1. The van der Waals surface area contributed by atoms with E-state index in [0.29, 0.717) is 5.56 Å². The van der Waals surface area contributed by atoms with Crippen LogP contribution in [0, 0.1) is 24.0 Å². The molecule has 2 aromatic carbocycles. The molecule has 0 radical (unpaired) electrons. The van der Waals surface area contributed by atoms with Gasteiger partial charge in [-0.2, -0.15) is 0 Å². The zero-order valence-electron chi connectivity index (χ0n) is 11.4. The minimum atomic E-state index is -0.490. The fourth-order valence-electron chi connectivity index (χ4n) is 2.02. The summed E-state index contributed by atoms with van der Waals surface area (Å²) < 4.78 is 5.66. The molecular weight excluding hydrogens is 256 g/mol. The molecule has 2 N–H and O–H groups in total. The normalized spacial score (nSPS) is 10.3. The predicted molar refractivity (Wildman–Crippen MR) is 77.8 cm³/mol. The summed E-state index contributed by atoms with van der Waals surface area (Å²) in [5.41, 5.74) is 8.56. The minimum absolute atomic E-state index is 0.0912. The van der Waals surface area contributed by atoms with E-state index < -0.39 is 4.92 Å². The maximum absolute atomic E-state index is 10.8. The summed E-state index contributed by atoms with van der Waals surface area (Å²) in [5.74, 6) is 0.752. The lowest BCUT2D eigenvalue weighted by Gasteiger charge is -2.08. The van der Waals surface area contributed by atoms with Crippen molar-refractivity contribution in [3.8, 4) is 5.75 Å². The van der Waals surface area contributed by atoms with Crippen molar-refractivity contribution < 1.29 is 9.66 Å². The van der Waals surface area contributed by atoms with Crippen LogP contribution in [0.15, 0.2) is 36.4 Å². The van der Waals surface area contributed by atoms with Gasteiger partial charge in [-0.3, -0.25) is 10.1 Å². The molecule has 0 fully saturated rings. The average Bonchev–Trinajstić information content (AvgIpc) is 2.36. The van der Waals surface area contributed by atoms with Crippen molar-refractivity contribution in [2.24, 2.45) is 0 Å². The molecule has 2 aromatic rings. The van der Waals surface area contributed by atoms with Crippen LogP contribution in [-0.4, -0.2) is 4.92 Å². The van der Waals surface area contributed by atoms with E-state index in [1.807, 2.05) is 26.0 Å². The maximum atomic E-state index is 10.8. The number of benzene rings is 2. The van der Waals surface area contributed by atoms with E-state index in [0.717, 1.165) is 16.9 Å². The van der Waals surface area contributed by atoms with Crippen LogP contribution >= 0.6 is 0 Å². The Labute approximate surface area is 117 Å². The van der Waals surface area contributed by atoms with Gasteiger partial charge < -0.3 is 10.5 Å². The molecule has 5 nitrogen and oxygen atoms in total. The number of nitro benzene ring substituents is 1. The third-order valence-corrected chi connectivity index (χ3v) is 2.89. The number of hydrogen-bond donors (Lipinski definition) is 1. The molecule has 0 saturated carbocycles. The second kappa shape index (κ2) is 5.61. The zero-order valence-corrected chi connectivity index (χ0v) is 11.4. The van der Waals surface area contributed by atoms with Crippen LogP contribution in [0.25, 0.3) is 0 Å². The Hall–Kier alpha value is -2.56. The zero-order chi connectivity index (χ0) is 14.7. The third-order valence-electron chi connectivity index (χ3n) is 2.89. The third kappa shape index (κ3) is 3.26. The highest BCUT2D eigenvalue weighted by Gasteiger charge is 2.12. The van der Waals surface area contributed by atoms with Crippen LogP contribution in [0.5, 0.6) is 5.75 Å². The van der Waals surface area contributed by atoms with Gasteiger partial charge >= 0.3 is 0 Å². The molecular formula is C15H16N2O3. The smallest absolute Gasteiger partial charge is 0.292 e. The van der Waals surface area contributed by atoms with Gasteiger partial charge in [-0.15, -0.1) is 0 Å². The number of rotatable bonds is 4. The lowest BCUT2D eigenvalue weighted by Crippen LogP contribution is -2.00. The lowest BCUT2D eigenvalue weighted by atomic mass is 10.1. The molecule has 0 aliphatic rings. The van der Waals surface area contributed by atoms with Crippen molar-refractivity contribution >= 4 is 11.4 Å². The first-order chi connectivity index (χ1) is 9.45. The van der Waals surface area contributed by atoms with E-state index in [4.69, 9.17) is 10.5 Å². The van der Waals surface area contributed by atoms with Gasteiger partial charge in [-0.05, 0) is 48.7 Å². The number of ether oxygens (including phenoxy) is 1. The SMILES string of the molecule is Cc1cc(C)cc(OCc2ccc(N)c([N+](=O)[O-])c2)c1.